The Morgan fingerprint density at radius 3 is 2.62 bits per heavy atom. The number of rotatable bonds is 8. The monoisotopic (exact) mass is 413 g/mol. The van der Waals surface area contributed by atoms with E-state index in [9.17, 15) is 4.79 Å². The van der Waals surface area contributed by atoms with Crippen molar-refractivity contribution >= 4 is 23.5 Å². The van der Waals surface area contributed by atoms with Crippen molar-refractivity contribution in [2.24, 2.45) is 0 Å². The molecule has 2 amide bonds. The molecule has 0 saturated carbocycles. The molecule has 1 heterocycles. The number of hydrogen-bond acceptors (Lipinski definition) is 4. The van der Waals surface area contributed by atoms with Gasteiger partial charge in [0.15, 0.2) is 0 Å². The Bertz CT molecular complexity index is 764. The van der Waals surface area contributed by atoms with E-state index in [1.165, 1.54) is 5.56 Å². The Balaban J connectivity index is 1.56. The van der Waals surface area contributed by atoms with E-state index >= 15 is 0 Å². The van der Waals surface area contributed by atoms with Gasteiger partial charge in [-0.05, 0) is 50.2 Å². The van der Waals surface area contributed by atoms with Crippen molar-refractivity contribution in [2.75, 3.05) is 39.2 Å². The fourth-order valence-electron chi connectivity index (χ4n) is 3.41. The van der Waals surface area contributed by atoms with E-state index in [4.69, 9.17) is 4.74 Å². The van der Waals surface area contributed by atoms with Crippen molar-refractivity contribution in [3.8, 4) is 0 Å². The molecular formula is C23H31N3O2S. The van der Waals surface area contributed by atoms with Crippen LogP contribution in [-0.2, 0) is 10.5 Å². The van der Waals surface area contributed by atoms with Crippen LogP contribution in [0.5, 0.6) is 0 Å². The first-order valence-corrected chi connectivity index (χ1v) is 11.2. The molecule has 1 atom stereocenters. The summed E-state index contributed by atoms with van der Waals surface area (Å²) in [6.45, 7) is 2.48. The van der Waals surface area contributed by atoms with Gasteiger partial charge < -0.3 is 20.3 Å². The highest BCUT2D eigenvalue weighted by atomic mass is 32.2. The number of nitrogens with zero attached hydrogens (tertiary/aromatic N) is 1. The maximum atomic E-state index is 12.6. The van der Waals surface area contributed by atoms with Gasteiger partial charge in [-0.15, -0.1) is 0 Å². The summed E-state index contributed by atoms with van der Waals surface area (Å²) < 4.78 is 5.43. The number of thioether (sulfide) groups is 1. The first-order chi connectivity index (χ1) is 14.1. The molecule has 0 bridgehead atoms. The van der Waals surface area contributed by atoms with Gasteiger partial charge in [0.2, 0.25) is 0 Å². The molecule has 1 saturated heterocycles. The first kappa shape index (κ1) is 21.7. The van der Waals surface area contributed by atoms with Gasteiger partial charge in [0.05, 0.1) is 6.04 Å². The Morgan fingerprint density at radius 2 is 1.90 bits per heavy atom. The number of anilines is 1. The number of carbonyl (C=O) groups is 1. The van der Waals surface area contributed by atoms with Crippen molar-refractivity contribution in [3.05, 3.63) is 65.7 Å². The molecule has 0 aromatic heterocycles. The van der Waals surface area contributed by atoms with Gasteiger partial charge in [0, 0.05) is 36.4 Å². The molecule has 3 rings (SSSR count). The van der Waals surface area contributed by atoms with Gasteiger partial charge in [-0.25, -0.2) is 4.79 Å². The molecule has 0 spiro atoms. The minimum Gasteiger partial charge on any atom is -0.381 e. The molecule has 5 nitrogen and oxygen atoms in total. The minimum atomic E-state index is -0.185. The van der Waals surface area contributed by atoms with Crippen molar-refractivity contribution in [1.29, 1.82) is 0 Å². The highest BCUT2D eigenvalue weighted by Crippen LogP contribution is 2.26. The Hall–Kier alpha value is -2.02. The highest BCUT2D eigenvalue weighted by molar-refractivity contribution is 7.99. The lowest BCUT2D eigenvalue weighted by molar-refractivity contribution is 0.1000. The van der Waals surface area contributed by atoms with E-state index in [2.05, 4.69) is 27.7 Å². The summed E-state index contributed by atoms with van der Waals surface area (Å²) >= 11 is 1.98. The number of carbonyl (C=O) groups excluding carboxylic acids is 1. The molecule has 1 aliphatic rings. The second kappa shape index (κ2) is 11.2. The molecule has 2 N–H and O–H groups in total. The average molecular weight is 414 g/mol. The molecule has 2 aromatic rings. The molecule has 2 aromatic carbocycles. The number of benzene rings is 2. The van der Waals surface area contributed by atoms with Crippen molar-refractivity contribution in [2.45, 2.75) is 29.9 Å². The van der Waals surface area contributed by atoms with Crippen LogP contribution >= 0.6 is 11.8 Å². The van der Waals surface area contributed by atoms with Crippen molar-refractivity contribution in [1.82, 2.24) is 10.2 Å². The summed E-state index contributed by atoms with van der Waals surface area (Å²) in [7, 11) is 4.02. The van der Waals surface area contributed by atoms with Crippen LogP contribution in [0.2, 0.25) is 0 Å². The standard InChI is InChI=1S/C23H31N3O2S/c1-26(2)16-22(19-8-4-3-5-9-19)25-23(27)24-20-10-6-7-18(15-20)17-29-21-11-13-28-14-12-21/h3-10,15,21-22H,11-14,16-17H2,1-2H3,(H2,24,25,27). The maximum Gasteiger partial charge on any atom is 0.319 e. The Labute approximate surface area is 178 Å². The van der Waals surface area contributed by atoms with Crippen LogP contribution in [0.3, 0.4) is 0 Å². The molecular weight excluding hydrogens is 382 g/mol. The van der Waals surface area contributed by atoms with Crippen LogP contribution in [0.25, 0.3) is 0 Å². The summed E-state index contributed by atoms with van der Waals surface area (Å²) in [6.07, 6.45) is 2.25. The molecule has 6 heteroatoms. The smallest absolute Gasteiger partial charge is 0.319 e. The summed E-state index contributed by atoms with van der Waals surface area (Å²) in [5.41, 5.74) is 3.15. The van der Waals surface area contributed by atoms with E-state index < -0.39 is 0 Å². The second-order valence-corrected chi connectivity index (χ2v) is 8.94. The minimum absolute atomic E-state index is 0.0709. The zero-order valence-electron chi connectivity index (χ0n) is 17.3. The van der Waals surface area contributed by atoms with Gasteiger partial charge in [-0.3, -0.25) is 0 Å². The van der Waals surface area contributed by atoms with Gasteiger partial charge in [0.25, 0.3) is 0 Å². The molecule has 156 valence electrons. The van der Waals surface area contributed by atoms with Crippen LogP contribution in [-0.4, -0.2) is 50.0 Å². The molecule has 1 aliphatic heterocycles. The third-order valence-corrected chi connectivity index (χ3v) is 6.34. The number of nitrogens with one attached hydrogen (secondary N) is 2. The average Bonchev–Trinajstić information content (AvgIpc) is 2.73. The van der Waals surface area contributed by atoms with Crippen molar-refractivity contribution < 1.29 is 9.53 Å². The summed E-state index contributed by atoms with van der Waals surface area (Å²) in [4.78, 5) is 14.7. The number of urea groups is 1. The summed E-state index contributed by atoms with van der Waals surface area (Å²) in [5.74, 6) is 0.953. The quantitative estimate of drug-likeness (QED) is 0.668. The molecule has 1 fully saturated rings. The fraction of sp³-hybridized carbons (Fsp3) is 0.435. The largest absolute Gasteiger partial charge is 0.381 e. The lowest BCUT2D eigenvalue weighted by atomic mass is 10.1. The van der Waals surface area contributed by atoms with Crippen LogP contribution in [0.4, 0.5) is 10.5 Å². The van der Waals surface area contributed by atoms with E-state index in [0.29, 0.717) is 5.25 Å². The molecule has 1 unspecified atom stereocenters. The predicted octanol–water partition coefficient (Wildman–Crippen LogP) is 4.52. The van der Waals surface area contributed by atoms with Crippen LogP contribution in [0.1, 0.15) is 30.0 Å². The number of amides is 2. The lowest BCUT2D eigenvalue weighted by Gasteiger charge is -2.23. The van der Waals surface area contributed by atoms with Crippen LogP contribution in [0, 0.1) is 0 Å². The molecule has 0 radical (unpaired) electrons. The number of likely N-dealkylation sites (N-methyl/N-ethyl adjacent to an activating group) is 1. The second-order valence-electron chi connectivity index (χ2n) is 7.65. The topological polar surface area (TPSA) is 53.6 Å². The lowest BCUT2D eigenvalue weighted by Crippen LogP contribution is -2.37. The van der Waals surface area contributed by atoms with Gasteiger partial charge in [-0.1, -0.05) is 42.5 Å². The highest BCUT2D eigenvalue weighted by Gasteiger charge is 2.16. The third-order valence-electron chi connectivity index (χ3n) is 4.89. The molecule has 0 aliphatic carbocycles. The zero-order valence-corrected chi connectivity index (χ0v) is 18.1. The molecule has 29 heavy (non-hydrogen) atoms. The maximum absolute atomic E-state index is 12.6. The first-order valence-electron chi connectivity index (χ1n) is 10.2. The predicted molar refractivity (Wildman–Crippen MR) is 121 cm³/mol. The fourth-order valence-corrected chi connectivity index (χ4v) is 4.54. The van der Waals surface area contributed by atoms with E-state index in [-0.39, 0.29) is 12.1 Å². The van der Waals surface area contributed by atoms with Crippen LogP contribution in [0.15, 0.2) is 54.6 Å². The van der Waals surface area contributed by atoms with Gasteiger partial charge in [0.1, 0.15) is 0 Å². The number of ether oxygens (including phenoxy) is 1. The van der Waals surface area contributed by atoms with E-state index in [1.807, 2.05) is 68.3 Å². The zero-order chi connectivity index (χ0) is 20.5. The van der Waals surface area contributed by atoms with Gasteiger partial charge in [-0.2, -0.15) is 11.8 Å². The van der Waals surface area contributed by atoms with Crippen LogP contribution < -0.4 is 10.6 Å². The van der Waals surface area contributed by atoms with Gasteiger partial charge >= 0.3 is 6.03 Å². The van der Waals surface area contributed by atoms with E-state index in [0.717, 1.165) is 49.6 Å². The Kier molecular flexibility index (Phi) is 8.40. The summed E-state index contributed by atoms with van der Waals surface area (Å²) in [6, 6.07) is 17.9. The normalized spacial score (nSPS) is 15.8. The number of hydrogen-bond donors (Lipinski definition) is 2. The Morgan fingerprint density at radius 1 is 1.14 bits per heavy atom. The SMILES string of the molecule is CN(C)CC(NC(=O)Nc1cccc(CSC2CCOCC2)c1)c1ccccc1. The summed E-state index contributed by atoms with van der Waals surface area (Å²) in [5, 5.41) is 6.77. The van der Waals surface area contributed by atoms with E-state index in [1.54, 1.807) is 0 Å². The third kappa shape index (κ3) is 7.38. The van der Waals surface area contributed by atoms with Crippen molar-refractivity contribution in [3.63, 3.8) is 0 Å².